The Morgan fingerprint density at radius 1 is 0.375 bits per heavy atom. The number of unbranched alkanes of at least 4 members (excludes halogenated alkanes) is 12. The van der Waals surface area contributed by atoms with Crippen LogP contribution in [0, 0.1) is 0 Å². The monoisotopic (exact) mass is 999 g/mol. The lowest BCUT2D eigenvalue weighted by molar-refractivity contribution is -0.167. The number of rotatable bonds is 38. The maximum atomic E-state index is 12.9. The Labute approximate surface area is 425 Å². The molecule has 72 heavy (non-hydrogen) atoms. The molecule has 0 saturated carbocycles. The molecular weight excluding hydrogens is 925 g/mol. The van der Waals surface area contributed by atoms with Gasteiger partial charge >= 0.3 is 35.8 Å². The van der Waals surface area contributed by atoms with Crippen molar-refractivity contribution in [3.63, 3.8) is 0 Å². The number of carbonyl (C=O) groups is 6. The molecule has 0 unspecified atom stereocenters. The van der Waals surface area contributed by atoms with Crippen LogP contribution in [-0.2, 0) is 57.2 Å². The minimum absolute atomic E-state index is 0.174. The summed E-state index contributed by atoms with van der Waals surface area (Å²) in [5.41, 5.74) is 2.83. The fourth-order valence-corrected chi connectivity index (χ4v) is 7.13. The van der Waals surface area contributed by atoms with Gasteiger partial charge in [0.2, 0.25) is 0 Å². The first-order valence-corrected chi connectivity index (χ1v) is 24.9. The highest BCUT2D eigenvalue weighted by molar-refractivity contribution is 6.16. The summed E-state index contributed by atoms with van der Waals surface area (Å²) in [5, 5.41) is 0. The van der Waals surface area contributed by atoms with E-state index < -0.39 is 41.9 Å². The third-order valence-electron chi connectivity index (χ3n) is 11.4. The Morgan fingerprint density at radius 2 is 0.639 bits per heavy atom. The van der Waals surface area contributed by atoms with Gasteiger partial charge in [0.1, 0.15) is 30.5 Å². The van der Waals surface area contributed by atoms with Crippen LogP contribution < -0.4 is 14.2 Å². The third-order valence-corrected chi connectivity index (χ3v) is 11.4. The molecule has 0 spiro atoms. The molecule has 3 rings (SSSR count). The first-order valence-electron chi connectivity index (χ1n) is 24.9. The molecule has 0 aliphatic heterocycles. The van der Waals surface area contributed by atoms with Gasteiger partial charge in [0.05, 0.1) is 57.9 Å². The van der Waals surface area contributed by atoms with E-state index in [1.165, 1.54) is 21.3 Å². The molecule has 0 aromatic heterocycles. The number of hydrogen-bond donors (Lipinski definition) is 0. The number of hydrogen-bond acceptors (Lipinski definition) is 15. The second-order valence-corrected chi connectivity index (χ2v) is 17.1. The molecule has 0 aliphatic carbocycles. The van der Waals surface area contributed by atoms with Crippen molar-refractivity contribution >= 4 is 52.5 Å². The van der Waals surface area contributed by atoms with Gasteiger partial charge < -0.3 is 42.6 Å². The van der Waals surface area contributed by atoms with Gasteiger partial charge in [-0.15, -0.1) is 0 Å². The van der Waals surface area contributed by atoms with Crippen LogP contribution in [0.25, 0.3) is 16.7 Å². The van der Waals surface area contributed by atoms with Gasteiger partial charge in [-0.25, -0.2) is 14.4 Å². The summed E-state index contributed by atoms with van der Waals surface area (Å²) in [4.78, 5) is 73.3. The fourth-order valence-electron chi connectivity index (χ4n) is 7.13. The molecule has 0 radical (unpaired) electrons. The van der Waals surface area contributed by atoms with E-state index >= 15 is 0 Å². The standard InChI is InChI=1S/C57H74O15/c1-42(55(61)64-4)45-25-31-48(32-26-45)67-37-19-13-7-10-16-22-52(58)70-40-51(72-54(60)24-18-12-9-15-21-39-69-50-35-29-47(30-36-50)44(3)57(63)66-6)41-71-53(59)23-17-11-8-14-20-38-68-49-33-27-46(28-34-49)43(2)56(62)65-5/h25-36,51H,1-3,7-24,37-41H2,4-6H3. The molecule has 3 aromatic rings. The largest absolute Gasteiger partial charge is 0.494 e. The molecule has 0 atom stereocenters. The summed E-state index contributed by atoms with van der Waals surface area (Å²) in [5.74, 6) is -0.662. The number of methoxy groups -OCH3 is 3. The summed E-state index contributed by atoms with van der Waals surface area (Å²) < 4.78 is 48.2. The molecule has 15 nitrogen and oxygen atoms in total. The first-order chi connectivity index (χ1) is 34.8. The van der Waals surface area contributed by atoms with Gasteiger partial charge in [-0.3, -0.25) is 14.4 Å². The summed E-state index contributed by atoms with van der Waals surface area (Å²) in [6.45, 7) is 12.4. The van der Waals surface area contributed by atoms with Crippen molar-refractivity contribution in [3.8, 4) is 17.2 Å². The van der Waals surface area contributed by atoms with E-state index in [1.807, 2.05) is 0 Å². The molecule has 0 saturated heterocycles. The molecule has 0 N–H and O–H groups in total. The Bertz CT molecular complexity index is 2060. The molecule has 0 bridgehead atoms. The minimum Gasteiger partial charge on any atom is -0.494 e. The van der Waals surface area contributed by atoms with Crippen molar-refractivity contribution in [2.45, 2.75) is 122 Å². The smallest absolute Gasteiger partial charge is 0.337 e. The molecule has 0 heterocycles. The maximum absolute atomic E-state index is 12.9. The van der Waals surface area contributed by atoms with Crippen molar-refractivity contribution in [3.05, 3.63) is 109 Å². The normalized spacial score (nSPS) is 10.7. The predicted octanol–water partition coefficient (Wildman–Crippen LogP) is 10.8. The number of benzene rings is 3. The molecular formula is C57H74O15. The average molecular weight is 999 g/mol. The number of esters is 6. The number of ether oxygens (including phenoxy) is 9. The van der Waals surface area contributed by atoms with E-state index in [-0.39, 0.29) is 49.2 Å². The van der Waals surface area contributed by atoms with Crippen LogP contribution in [0.5, 0.6) is 17.2 Å². The lowest BCUT2D eigenvalue weighted by Gasteiger charge is -2.18. The van der Waals surface area contributed by atoms with Crippen molar-refractivity contribution < 1.29 is 71.4 Å². The van der Waals surface area contributed by atoms with Crippen LogP contribution in [0.15, 0.2) is 92.5 Å². The first kappa shape index (κ1) is 59.4. The Balaban J connectivity index is 1.32. The topological polar surface area (TPSA) is 185 Å². The molecule has 0 aliphatic rings. The molecule has 392 valence electrons. The highest BCUT2D eigenvalue weighted by atomic mass is 16.6. The Morgan fingerprint density at radius 3 is 0.931 bits per heavy atom. The van der Waals surface area contributed by atoms with E-state index in [2.05, 4.69) is 19.7 Å². The van der Waals surface area contributed by atoms with Crippen LogP contribution in [0.3, 0.4) is 0 Å². The van der Waals surface area contributed by atoms with Gasteiger partial charge in [0.25, 0.3) is 0 Å². The lowest BCUT2D eigenvalue weighted by Crippen LogP contribution is -2.30. The van der Waals surface area contributed by atoms with E-state index in [0.29, 0.717) is 73.0 Å². The van der Waals surface area contributed by atoms with Gasteiger partial charge in [-0.2, -0.15) is 0 Å². The Kier molecular flexibility index (Phi) is 29.1. The van der Waals surface area contributed by atoms with Crippen LogP contribution >= 0.6 is 0 Å². The summed E-state index contributed by atoms with van der Waals surface area (Å²) in [7, 11) is 3.94. The quantitative estimate of drug-likeness (QED) is 0.0228. The van der Waals surface area contributed by atoms with Crippen molar-refractivity contribution in [1.29, 1.82) is 0 Å². The zero-order valence-corrected chi connectivity index (χ0v) is 42.5. The summed E-state index contributed by atoms with van der Waals surface area (Å²) >= 11 is 0. The van der Waals surface area contributed by atoms with Crippen LogP contribution in [0.4, 0.5) is 0 Å². The predicted molar refractivity (Wildman–Crippen MR) is 274 cm³/mol. The second kappa shape index (κ2) is 35.2. The highest BCUT2D eigenvalue weighted by Crippen LogP contribution is 2.22. The summed E-state index contributed by atoms with van der Waals surface area (Å²) in [6.07, 6.45) is 12.0. The molecule has 0 fully saturated rings. The van der Waals surface area contributed by atoms with Gasteiger partial charge in [0, 0.05) is 19.3 Å². The highest BCUT2D eigenvalue weighted by Gasteiger charge is 2.20. The Hall–Kier alpha value is -6.90. The second-order valence-electron chi connectivity index (χ2n) is 17.1. The van der Waals surface area contributed by atoms with Gasteiger partial charge in [0.15, 0.2) is 6.10 Å². The lowest BCUT2D eigenvalue weighted by atomic mass is 10.1. The average Bonchev–Trinajstić information content (AvgIpc) is 3.40. The SMILES string of the molecule is C=C(C(=O)OC)c1ccc(OCCCCCCCC(=O)OCC(COC(=O)CCCCCCCOc2ccc(C(=C)C(=O)OC)cc2)OC(=O)CCCCCCCOc2ccc(C(=C)C(=O)OC)cc2)cc1. The molecule has 15 heteroatoms. The van der Waals surface area contributed by atoms with E-state index in [9.17, 15) is 28.8 Å². The maximum Gasteiger partial charge on any atom is 0.337 e. The minimum atomic E-state index is -0.930. The van der Waals surface area contributed by atoms with Gasteiger partial charge in [-0.1, -0.05) is 114 Å². The van der Waals surface area contributed by atoms with Crippen LogP contribution in [0.1, 0.15) is 132 Å². The zero-order chi connectivity index (χ0) is 52.4. The van der Waals surface area contributed by atoms with Crippen molar-refractivity contribution in [2.75, 3.05) is 54.4 Å². The van der Waals surface area contributed by atoms with Gasteiger partial charge in [-0.05, 0) is 91.6 Å². The van der Waals surface area contributed by atoms with Crippen LogP contribution in [-0.4, -0.2) is 96.3 Å². The fraction of sp³-hybridized carbons (Fsp3) is 0.474. The van der Waals surface area contributed by atoms with Crippen LogP contribution in [0.2, 0.25) is 0 Å². The van der Waals surface area contributed by atoms with E-state index in [1.54, 1.807) is 72.8 Å². The zero-order valence-electron chi connectivity index (χ0n) is 42.5. The van der Waals surface area contributed by atoms with E-state index in [4.69, 9.17) is 42.6 Å². The summed E-state index contributed by atoms with van der Waals surface area (Å²) in [6, 6.07) is 21.3. The molecule has 0 amide bonds. The number of carbonyl (C=O) groups excluding carboxylic acids is 6. The third kappa shape index (κ3) is 24.3. The van der Waals surface area contributed by atoms with Crippen molar-refractivity contribution in [2.24, 2.45) is 0 Å². The van der Waals surface area contributed by atoms with E-state index in [0.717, 1.165) is 77.0 Å². The molecule has 3 aromatic carbocycles. The van der Waals surface area contributed by atoms with Crippen molar-refractivity contribution in [1.82, 2.24) is 0 Å².